The van der Waals surface area contributed by atoms with Gasteiger partial charge in [0.2, 0.25) is 0 Å². The second-order valence-electron chi connectivity index (χ2n) is 8.47. The smallest absolute Gasteiger partial charge is 0.162 e. The van der Waals surface area contributed by atoms with E-state index in [-0.39, 0.29) is 23.7 Å². The number of hydrogen-bond donors (Lipinski definition) is 0. The summed E-state index contributed by atoms with van der Waals surface area (Å²) in [6.07, 6.45) is 11.2. The van der Waals surface area contributed by atoms with Crippen molar-refractivity contribution in [1.29, 1.82) is 0 Å². The van der Waals surface area contributed by atoms with Gasteiger partial charge >= 0.3 is 0 Å². The van der Waals surface area contributed by atoms with Crippen LogP contribution < -0.4 is 4.74 Å². The third kappa shape index (κ3) is 3.61. The fourth-order valence-corrected chi connectivity index (χ4v) is 5.61. The lowest BCUT2D eigenvalue weighted by Gasteiger charge is -2.44. The minimum absolute atomic E-state index is 0.0121. The second kappa shape index (κ2) is 8.00. The molecule has 0 aromatic heterocycles. The Morgan fingerprint density at radius 2 is 1.78 bits per heavy atom. The van der Waals surface area contributed by atoms with E-state index >= 15 is 0 Å². The van der Waals surface area contributed by atoms with Crippen molar-refractivity contribution < 1.29 is 14.3 Å². The maximum Gasteiger partial charge on any atom is 0.162 e. The number of fused-ring (bicyclic) bond motifs is 1. The topological polar surface area (TPSA) is 43.4 Å². The maximum atomic E-state index is 13.6. The maximum absolute atomic E-state index is 13.6. The molecule has 0 bridgehead atoms. The summed E-state index contributed by atoms with van der Waals surface area (Å²) in [5.41, 5.74) is 2.14. The zero-order valence-corrected chi connectivity index (χ0v) is 16.3. The van der Waals surface area contributed by atoms with Crippen LogP contribution in [0.1, 0.15) is 69.3 Å². The molecule has 0 N–H and O–H groups in total. The summed E-state index contributed by atoms with van der Waals surface area (Å²) < 4.78 is 5.29. The molecule has 0 radical (unpaired) electrons. The highest BCUT2D eigenvalue weighted by Crippen LogP contribution is 2.50. The molecular formula is C24H30O3. The molecule has 2 fully saturated rings. The Bertz CT molecular complexity index is 730. The van der Waals surface area contributed by atoms with Gasteiger partial charge in [0.15, 0.2) is 5.78 Å². The summed E-state index contributed by atoms with van der Waals surface area (Å²) in [6.45, 7) is 0. The van der Waals surface area contributed by atoms with Crippen LogP contribution in [0.2, 0.25) is 0 Å². The molecule has 0 heterocycles. The standard InChI is InChI=1S/C24H30O3/c1-27-18-13-11-16(12-14-18)21-15-22(25)19-9-5-6-10-20(19)23(21)24(26)17-7-3-2-4-8-17/h7,11-14,19-21,23H,2-6,8-10,15H2,1H3/t19-,20+,21-,23+/m0/s1. The Morgan fingerprint density at radius 1 is 1.00 bits per heavy atom. The summed E-state index contributed by atoms with van der Waals surface area (Å²) in [5.74, 6) is 1.83. The molecule has 0 unspecified atom stereocenters. The van der Waals surface area contributed by atoms with Crippen LogP contribution in [0, 0.1) is 17.8 Å². The first-order chi connectivity index (χ1) is 13.2. The minimum atomic E-state index is -0.0363. The fourth-order valence-electron chi connectivity index (χ4n) is 5.61. The molecule has 4 rings (SSSR count). The third-order valence-corrected chi connectivity index (χ3v) is 7.00. The monoisotopic (exact) mass is 366 g/mol. The van der Waals surface area contributed by atoms with Gasteiger partial charge in [0.25, 0.3) is 0 Å². The highest BCUT2D eigenvalue weighted by molar-refractivity contribution is 6.00. The first kappa shape index (κ1) is 18.5. The van der Waals surface area contributed by atoms with Crippen molar-refractivity contribution in [3.63, 3.8) is 0 Å². The number of carbonyl (C=O) groups is 2. The van der Waals surface area contributed by atoms with Crippen molar-refractivity contribution in [1.82, 2.24) is 0 Å². The van der Waals surface area contributed by atoms with Crippen LogP contribution in [-0.4, -0.2) is 18.7 Å². The molecule has 1 aromatic carbocycles. The molecule has 3 nitrogen and oxygen atoms in total. The second-order valence-corrected chi connectivity index (χ2v) is 8.47. The number of Topliss-reactive ketones (excluding diaryl/α,β-unsaturated/α-hetero) is 2. The van der Waals surface area contributed by atoms with Crippen LogP contribution in [0.4, 0.5) is 0 Å². The predicted molar refractivity (Wildman–Crippen MR) is 106 cm³/mol. The highest BCUT2D eigenvalue weighted by atomic mass is 16.5. The summed E-state index contributed by atoms with van der Waals surface area (Å²) in [5, 5.41) is 0. The number of rotatable bonds is 4. The Morgan fingerprint density at radius 3 is 2.48 bits per heavy atom. The SMILES string of the molecule is COc1ccc([C@@H]2CC(=O)[C@H]3CCCC[C@H]3[C@H]2C(=O)C2=CCCCC2)cc1. The number of ketones is 2. The van der Waals surface area contributed by atoms with Gasteiger partial charge < -0.3 is 4.74 Å². The average molecular weight is 367 g/mol. The van der Waals surface area contributed by atoms with Gasteiger partial charge in [-0.3, -0.25) is 9.59 Å². The molecule has 27 heavy (non-hydrogen) atoms. The quantitative estimate of drug-likeness (QED) is 0.731. The van der Waals surface area contributed by atoms with Gasteiger partial charge in [-0.25, -0.2) is 0 Å². The molecular weight excluding hydrogens is 336 g/mol. The summed E-state index contributed by atoms with van der Waals surface area (Å²) >= 11 is 0. The van der Waals surface area contributed by atoms with Crippen LogP contribution in [0.15, 0.2) is 35.9 Å². The summed E-state index contributed by atoms with van der Waals surface area (Å²) in [7, 11) is 1.66. The van der Waals surface area contributed by atoms with Crippen LogP contribution >= 0.6 is 0 Å². The molecule has 3 aliphatic carbocycles. The number of ether oxygens (including phenoxy) is 1. The van der Waals surface area contributed by atoms with Crippen molar-refractivity contribution in [3.8, 4) is 5.75 Å². The van der Waals surface area contributed by atoms with Gasteiger partial charge in [0.1, 0.15) is 11.5 Å². The van der Waals surface area contributed by atoms with Crippen LogP contribution in [0.5, 0.6) is 5.75 Å². The average Bonchev–Trinajstić information content (AvgIpc) is 2.74. The van der Waals surface area contributed by atoms with Crippen molar-refractivity contribution in [2.75, 3.05) is 7.11 Å². The molecule has 0 spiro atoms. The normalized spacial score (nSPS) is 31.0. The van der Waals surface area contributed by atoms with E-state index in [2.05, 4.69) is 18.2 Å². The first-order valence-corrected chi connectivity index (χ1v) is 10.6. The lowest BCUT2D eigenvalue weighted by molar-refractivity contribution is -0.136. The van der Waals surface area contributed by atoms with E-state index < -0.39 is 0 Å². The van der Waals surface area contributed by atoms with E-state index in [1.165, 1.54) is 6.42 Å². The predicted octanol–water partition coefficient (Wildman–Crippen LogP) is 5.24. The Hall–Kier alpha value is -1.90. The Kier molecular flexibility index (Phi) is 5.47. The van der Waals surface area contributed by atoms with Crippen molar-refractivity contribution >= 4 is 11.6 Å². The van der Waals surface area contributed by atoms with E-state index in [4.69, 9.17) is 4.74 Å². The number of allylic oxidation sites excluding steroid dienone is 2. The van der Waals surface area contributed by atoms with Crippen LogP contribution in [-0.2, 0) is 9.59 Å². The number of benzene rings is 1. The van der Waals surface area contributed by atoms with Gasteiger partial charge in [0, 0.05) is 24.2 Å². The largest absolute Gasteiger partial charge is 0.497 e. The van der Waals surface area contributed by atoms with Crippen molar-refractivity contribution in [3.05, 3.63) is 41.5 Å². The fraction of sp³-hybridized carbons (Fsp3) is 0.583. The van der Waals surface area contributed by atoms with E-state index in [1.54, 1.807) is 7.11 Å². The van der Waals surface area contributed by atoms with Gasteiger partial charge in [-0.2, -0.15) is 0 Å². The molecule has 0 saturated heterocycles. The highest BCUT2D eigenvalue weighted by Gasteiger charge is 2.48. The van der Waals surface area contributed by atoms with E-state index in [0.29, 0.717) is 18.0 Å². The summed E-state index contributed by atoms with van der Waals surface area (Å²) in [6, 6.07) is 8.01. The molecule has 1 aromatic rings. The molecule has 144 valence electrons. The molecule has 0 aliphatic heterocycles. The minimum Gasteiger partial charge on any atom is -0.497 e. The lowest BCUT2D eigenvalue weighted by atomic mass is 9.57. The Labute approximate surface area is 162 Å². The molecule has 4 atom stereocenters. The van der Waals surface area contributed by atoms with Crippen LogP contribution in [0.25, 0.3) is 0 Å². The number of carbonyl (C=O) groups excluding carboxylic acids is 2. The number of hydrogen-bond acceptors (Lipinski definition) is 3. The van der Waals surface area contributed by atoms with Gasteiger partial charge in [0.05, 0.1) is 7.11 Å². The third-order valence-electron chi connectivity index (χ3n) is 7.00. The van der Waals surface area contributed by atoms with Crippen molar-refractivity contribution in [2.45, 2.75) is 63.7 Å². The Balaban J connectivity index is 1.70. The van der Waals surface area contributed by atoms with Gasteiger partial charge in [-0.1, -0.05) is 31.1 Å². The van der Waals surface area contributed by atoms with E-state index in [9.17, 15) is 9.59 Å². The molecule has 0 amide bonds. The molecule has 3 heteroatoms. The zero-order valence-electron chi connectivity index (χ0n) is 16.3. The lowest BCUT2D eigenvalue weighted by Crippen LogP contribution is -2.45. The van der Waals surface area contributed by atoms with Crippen molar-refractivity contribution in [2.24, 2.45) is 17.8 Å². The van der Waals surface area contributed by atoms with E-state index in [1.807, 2.05) is 12.1 Å². The summed E-state index contributed by atoms with van der Waals surface area (Å²) in [4.78, 5) is 26.5. The van der Waals surface area contributed by atoms with Crippen LogP contribution in [0.3, 0.4) is 0 Å². The molecule has 3 aliphatic rings. The zero-order chi connectivity index (χ0) is 18.8. The van der Waals surface area contributed by atoms with E-state index in [0.717, 1.165) is 61.8 Å². The first-order valence-electron chi connectivity index (χ1n) is 10.6. The van der Waals surface area contributed by atoms with Gasteiger partial charge in [-0.05, 0) is 67.7 Å². The van der Waals surface area contributed by atoms with Gasteiger partial charge in [-0.15, -0.1) is 0 Å². The number of methoxy groups -OCH3 is 1. The molecule has 2 saturated carbocycles.